The summed E-state index contributed by atoms with van der Waals surface area (Å²) in [5, 5.41) is 46.9. The molecule has 6 N–H and O–H groups in total. The molecule has 1 amide bonds. The Balaban J connectivity index is 0.000000306. The van der Waals surface area contributed by atoms with Crippen molar-refractivity contribution in [2.45, 2.75) is 181 Å². The van der Waals surface area contributed by atoms with Gasteiger partial charge in [-0.25, -0.2) is 24.7 Å². The second-order valence-corrected chi connectivity index (χ2v) is 23.0. The standard InChI is InChI=1S/C35H47FN6O3.C30H39FN6O.CH4O.ClH/c1-25(2)29-22-38-42-32(41(34(44)45-35(3,4)5)23-27-15-11-9-12-16-27)20-31(40-33(29)42)39-28(24-43)17-13-8-6-7-10-14-26-18-19-30(36)37-21-26;1-22(2)26-20-34-37-29(33-19-23-11-8-6-9-12-23)17-28(36-30(26)37)35-25(21-38)14-10-5-3-4-7-13-24-15-16-27(31)32-18-24;1-2;/h9,11-12,15-16,18-22,25,28,43H,6-8,10,13-14,17,23-24H2,1-5H3,(H,39,40);6,8-9,11-12,15-18,20,22,25,33,38H,3-5,7,10,13-14,19,21H2,1-2H3,(H,35,36);2H,1H3;1H/t28-;25-;;/m11../s1. The molecule has 8 rings (SSSR count). The number of carbonyl (C=O) groups excluding carboxylic acids is 1. The fourth-order valence-corrected chi connectivity index (χ4v) is 9.78. The van der Waals surface area contributed by atoms with Crippen molar-refractivity contribution in [2.24, 2.45) is 0 Å². The molecule has 0 spiro atoms. The molecule has 0 aliphatic carbocycles. The van der Waals surface area contributed by atoms with Crippen molar-refractivity contribution >= 4 is 53.1 Å². The van der Waals surface area contributed by atoms with Crippen LogP contribution in [0.4, 0.5) is 36.8 Å². The zero-order chi connectivity index (χ0) is 61.1. The number of benzene rings is 2. The third-order valence-corrected chi connectivity index (χ3v) is 14.4. The van der Waals surface area contributed by atoms with E-state index in [1.165, 1.54) is 17.7 Å². The number of nitrogens with zero attached hydrogens (tertiary/aromatic N) is 9. The summed E-state index contributed by atoms with van der Waals surface area (Å²) in [6.07, 6.45) is 20.5. The van der Waals surface area contributed by atoms with Crippen LogP contribution in [0.2, 0.25) is 0 Å². The van der Waals surface area contributed by atoms with Crippen molar-refractivity contribution in [1.82, 2.24) is 39.2 Å². The predicted octanol–water partition coefficient (Wildman–Crippen LogP) is 14.1. The molecular weight excluding hydrogens is 1110 g/mol. The molecule has 0 aliphatic heterocycles. The van der Waals surface area contributed by atoms with E-state index in [2.05, 4.69) is 75.9 Å². The Labute approximate surface area is 512 Å². The molecule has 0 aliphatic rings. The van der Waals surface area contributed by atoms with E-state index < -0.39 is 23.6 Å². The number of aromatic nitrogens is 8. The lowest BCUT2D eigenvalue weighted by molar-refractivity contribution is 0.0575. The van der Waals surface area contributed by atoms with Crippen LogP contribution in [0.15, 0.2) is 122 Å². The van der Waals surface area contributed by atoms with E-state index in [9.17, 15) is 23.8 Å². The first-order valence-electron chi connectivity index (χ1n) is 30.1. The van der Waals surface area contributed by atoms with Crippen LogP contribution in [0, 0.1) is 11.9 Å². The number of ether oxygens (including phenoxy) is 1. The number of pyridine rings is 2. The van der Waals surface area contributed by atoms with Crippen molar-refractivity contribution in [3.8, 4) is 0 Å². The van der Waals surface area contributed by atoms with Crippen LogP contribution < -0.4 is 20.9 Å². The number of hydrogen-bond acceptors (Lipinski definition) is 14. The smallest absolute Gasteiger partial charge is 0.416 e. The van der Waals surface area contributed by atoms with Gasteiger partial charge in [0.05, 0.1) is 44.2 Å². The molecule has 0 fully saturated rings. The average molecular weight is 1210 g/mol. The molecule has 6 heterocycles. The van der Waals surface area contributed by atoms with Gasteiger partial charge in [-0.3, -0.25) is 4.90 Å². The number of carbonyl (C=O) groups is 1. The van der Waals surface area contributed by atoms with E-state index in [4.69, 9.17) is 19.8 Å². The van der Waals surface area contributed by atoms with E-state index in [0.29, 0.717) is 29.7 Å². The zero-order valence-corrected chi connectivity index (χ0v) is 52.2. The topological polar surface area (TPSA) is 212 Å². The molecule has 8 aromatic rings. The van der Waals surface area contributed by atoms with Crippen LogP contribution in [-0.2, 0) is 30.7 Å². The first kappa shape index (κ1) is 69.5. The molecule has 0 saturated carbocycles. The van der Waals surface area contributed by atoms with E-state index in [1.807, 2.05) is 98.2 Å². The van der Waals surface area contributed by atoms with Gasteiger partial charge in [-0.15, -0.1) is 12.4 Å². The maximum absolute atomic E-state index is 13.6. The molecule has 86 heavy (non-hydrogen) atoms. The second-order valence-electron chi connectivity index (χ2n) is 23.0. The Morgan fingerprint density at radius 3 is 1.51 bits per heavy atom. The number of fused-ring (bicyclic) bond motifs is 2. The van der Waals surface area contributed by atoms with Gasteiger partial charge in [0, 0.05) is 49.3 Å². The van der Waals surface area contributed by atoms with Crippen LogP contribution in [0.5, 0.6) is 0 Å². The monoisotopic (exact) mass is 1200 g/mol. The molecule has 0 radical (unpaired) electrons. The van der Waals surface area contributed by atoms with Gasteiger partial charge in [-0.1, -0.05) is 152 Å². The fourth-order valence-electron chi connectivity index (χ4n) is 9.78. The van der Waals surface area contributed by atoms with Crippen molar-refractivity contribution < 1.29 is 33.6 Å². The Morgan fingerprint density at radius 1 is 0.593 bits per heavy atom. The molecule has 6 aromatic heterocycles. The summed E-state index contributed by atoms with van der Waals surface area (Å²) in [5.41, 5.74) is 7.11. The number of halogens is 3. The Kier molecular flexibility index (Phi) is 29.1. The number of unbranched alkanes of at least 4 members (excludes halogenated alkanes) is 8. The van der Waals surface area contributed by atoms with Gasteiger partial charge in [0.25, 0.3) is 0 Å². The second kappa shape index (κ2) is 36.0. The van der Waals surface area contributed by atoms with Gasteiger partial charge in [0.15, 0.2) is 11.3 Å². The summed E-state index contributed by atoms with van der Waals surface area (Å²) in [5.74, 6) is 2.27. The molecule has 17 nitrogen and oxygen atoms in total. The van der Waals surface area contributed by atoms with Crippen LogP contribution in [0.1, 0.15) is 171 Å². The number of amides is 1. The third-order valence-electron chi connectivity index (χ3n) is 14.4. The summed E-state index contributed by atoms with van der Waals surface area (Å²) < 4.78 is 35.3. The largest absolute Gasteiger partial charge is 0.443 e. The maximum Gasteiger partial charge on any atom is 0.416 e. The lowest BCUT2D eigenvalue weighted by Crippen LogP contribution is -2.37. The number of hydrogen-bond donors (Lipinski definition) is 6. The van der Waals surface area contributed by atoms with Crippen molar-refractivity contribution in [1.29, 1.82) is 0 Å². The van der Waals surface area contributed by atoms with Gasteiger partial charge in [0.2, 0.25) is 11.9 Å². The number of aliphatic hydroxyl groups excluding tert-OH is 3. The Bertz CT molecular complexity index is 3200. The fraction of sp³-hybridized carbons (Fsp3) is 0.470. The predicted molar refractivity (Wildman–Crippen MR) is 342 cm³/mol. The molecule has 20 heteroatoms. The molecule has 466 valence electrons. The zero-order valence-electron chi connectivity index (χ0n) is 51.4. The highest BCUT2D eigenvalue weighted by atomic mass is 35.5. The van der Waals surface area contributed by atoms with Gasteiger partial charge < -0.3 is 36.0 Å². The number of rotatable bonds is 30. The van der Waals surface area contributed by atoms with E-state index in [1.54, 1.807) is 34.1 Å². The van der Waals surface area contributed by atoms with E-state index >= 15 is 0 Å². The highest BCUT2D eigenvalue weighted by Gasteiger charge is 2.28. The molecule has 0 saturated heterocycles. The van der Waals surface area contributed by atoms with Gasteiger partial charge >= 0.3 is 6.09 Å². The first-order chi connectivity index (χ1) is 41.1. The molecule has 0 bridgehead atoms. The Hall–Kier alpha value is -7.32. The lowest BCUT2D eigenvalue weighted by atomic mass is 10.0. The van der Waals surface area contributed by atoms with Gasteiger partial charge in [-0.2, -0.15) is 28.0 Å². The van der Waals surface area contributed by atoms with Crippen LogP contribution in [-0.4, -0.2) is 98.6 Å². The normalized spacial score (nSPS) is 12.0. The third kappa shape index (κ3) is 22.2. The number of aryl methyl sites for hydroxylation is 2. The average Bonchev–Trinajstić information content (AvgIpc) is 4.16. The minimum Gasteiger partial charge on any atom is -0.443 e. The van der Waals surface area contributed by atoms with Crippen molar-refractivity contribution in [3.63, 3.8) is 0 Å². The lowest BCUT2D eigenvalue weighted by Gasteiger charge is -2.28. The minimum atomic E-state index is -0.688. The van der Waals surface area contributed by atoms with Crippen LogP contribution in [0.3, 0.4) is 0 Å². The van der Waals surface area contributed by atoms with Crippen LogP contribution in [0.25, 0.3) is 11.3 Å². The summed E-state index contributed by atoms with van der Waals surface area (Å²) in [6.45, 7) is 15.0. The van der Waals surface area contributed by atoms with E-state index in [0.717, 1.165) is 142 Å². The van der Waals surface area contributed by atoms with Crippen molar-refractivity contribution in [3.05, 3.63) is 167 Å². The quantitative estimate of drug-likeness (QED) is 0.0183. The highest BCUT2D eigenvalue weighted by Crippen LogP contribution is 2.30. The molecule has 0 unspecified atom stereocenters. The van der Waals surface area contributed by atoms with Crippen molar-refractivity contribution in [2.75, 3.05) is 41.2 Å². The van der Waals surface area contributed by atoms with E-state index in [-0.39, 0.29) is 50.2 Å². The SMILES string of the molecule is CC(C)c1cnn2c(N(Cc3ccccc3)C(=O)OC(C)(C)C)cc(N[C@@H](CO)CCCCCCCc3ccc(F)nc3)nc12.CC(C)c1cnn2c(NCc3ccccc3)cc(N[C@@H](CO)CCCCCCCc3ccc(F)nc3)nc12.CO.Cl. The number of aliphatic hydroxyl groups is 3. The summed E-state index contributed by atoms with van der Waals surface area (Å²) >= 11 is 0. The summed E-state index contributed by atoms with van der Waals surface area (Å²) in [7, 11) is 1.00. The number of anilines is 4. The van der Waals surface area contributed by atoms with Gasteiger partial charge in [-0.05, 0) is 106 Å². The molecular formula is C66H91ClF2N12O5. The minimum absolute atomic E-state index is 0. The Morgan fingerprint density at radius 2 is 1.05 bits per heavy atom. The number of nitrogens with one attached hydrogen (secondary N) is 3. The first-order valence-corrected chi connectivity index (χ1v) is 30.1. The van der Waals surface area contributed by atoms with Gasteiger partial charge in [0.1, 0.15) is 28.9 Å². The summed E-state index contributed by atoms with van der Waals surface area (Å²) in [6, 6.07) is 30.0. The maximum atomic E-state index is 13.6. The summed E-state index contributed by atoms with van der Waals surface area (Å²) in [4.78, 5) is 32.4. The molecule has 2 aromatic carbocycles. The highest BCUT2D eigenvalue weighted by molar-refractivity contribution is 5.88. The van der Waals surface area contributed by atoms with Crippen LogP contribution >= 0.6 is 12.4 Å². The molecule has 2 atom stereocenters.